The molecule has 1 aromatic heterocycles. The van der Waals surface area contributed by atoms with Crippen molar-refractivity contribution in [2.24, 2.45) is 4.99 Å². The molecule has 1 rings (SSSR count). The molecule has 0 spiro atoms. The van der Waals surface area contributed by atoms with Crippen molar-refractivity contribution in [1.29, 1.82) is 0 Å². The SMILES string of the molecule is CCNC(=NCc1nc(C(C)C)cs1)NCCCN(C)CCOC.I. The van der Waals surface area contributed by atoms with Crippen LogP contribution in [0, 0.1) is 0 Å². The molecule has 25 heavy (non-hydrogen) atoms. The Bertz CT molecular complexity index is 481. The summed E-state index contributed by atoms with van der Waals surface area (Å²) in [6.07, 6.45) is 1.07. The van der Waals surface area contributed by atoms with Crippen molar-refractivity contribution < 1.29 is 4.74 Å². The molecule has 2 N–H and O–H groups in total. The van der Waals surface area contributed by atoms with E-state index in [1.54, 1.807) is 18.4 Å². The van der Waals surface area contributed by atoms with Gasteiger partial charge in [-0.15, -0.1) is 35.3 Å². The first kappa shape index (κ1) is 24.6. The Labute approximate surface area is 173 Å². The summed E-state index contributed by atoms with van der Waals surface area (Å²) in [4.78, 5) is 11.5. The van der Waals surface area contributed by atoms with Gasteiger partial charge in [0.25, 0.3) is 0 Å². The molecule has 0 fully saturated rings. The van der Waals surface area contributed by atoms with Crippen LogP contribution in [-0.2, 0) is 11.3 Å². The van der Waals surface area contributed by atoms with Crippen molar-refractivity contribution in [2.45, 2.75) is 39.7 Å². The summed E-state index contributed by atoms with van der Waals surface area (Å²) in [5.74, 6) is 1.33. The smallest absolute Gasteiger partial charge is 0.191 e. The summed E-state index contributed by atoms with van der Waals surface area (Å²) in [7, 11) is 3.86. The second kappa shape index (κ2) is 14.7. The van der Waals surface area contributed by atoms with Crippen molar-refractivity contribution in [3.8, 4) is 0 Å². The molecule has 0 unspecified atom stereocenters. The predicted octanol–water partition coefficient (Wildman–Crippen LogP) is 2.91. The van der Waals surface area contributed by atoms with Crippen molar-refractivity contribution in [3.63, 3.8) is 0 Å². The highest BCUT2D eigenvalue weighted by atomic mass is 127. The fourth-order valence-corrected chi connectivity index (χ4v) is 2.94. The van der Waals surface area contributed by atoms with Crippen LogP contribution >= 0.6 is 35.3 Å². The second-order valence-corrected chi connectivity index (χ2v) is 7.04. The zero-order chi connectivity index (χ0) is 17.8. The molecule has 0 atom stereocenters. The maximum Gasteiger partial charge on any atom is 0.191 e. The van der Waals surface area contributed by atoms with Crippen LogP contribution in [0.2, 0.25) is 0 Å². The van der Waals surface area contributed by atoms with Gasteiger partial charge in [-0.1, -0.05) is 13.8 Å². The Morgan fingerprint density at radius 1 is 1.36 bits per heavy atom. The van der Waals surface area contributed by atoms with Crippen LogP contribution < -0.4 is 10.6 Å². The monoisotopic (exact) mass is 483 g/mol. The number of rotatable bonds is 11. The zero-order valence-corrected chi connectivity index (χ0v) is 19.3. The number of thiazole rings is 1. The minimum atomic E-state index is 0. The van der Waals surface area contributed by atoms with E-state index in [2.05, 4.69) is 58.7 Å². The minimum absolute atomic E-state index is 0. The largest absolute Gasteiger partial charge is 0.383 e. The first-order valence-electron chi connectivity index (χ1n) is 8.70. The van der Waals surface area contributed by atoms with Crippen molar-refractivity contribution in [3.05, 3.63) is 16.1 Å². The van der Waals surface area contributed by atoms with Gasteiger partial charge in [-0.05, 0) is 32.9 Å². The molecule has 146 valence electrons. The van der Waals surface area contributed by atoms with Gasteiger partial charge in [0, 0.05) is 32.1 Å². The minimum Gasteiger partial charge on any atom is -0.383 e. The summed E-state index contributed by atoms with van der Waals surface area (Å²) in [5, 5.41) is 9.87. The Morgan fingerprint density at radius 3 is 2.72 bits per heavy atom. The Hall–Kier alpha value is -0.450. The number of hydrogen-bond acceptors (Lipinski definition) is 5. The third-order valence-corrected chi connectivity index (χ3v) is 4.42. The van der Waals surface area contributed by atoms with Crippen molar-refractivity contribution in [2.75, 3.05) is 46.9 Å². The highest BCUT2D eigenvalue weighted by molar-refractivity contribution is 14.0. The van der Waals surface area contributed by atoms with Crippen molar-refractivity contribution in [1.82, 2.24) is 20.5 Å². The fourth-order valence-electron chi connectivity index (χ4n) is 2.07. The third-order valence-electron chi connectivity index (χ3n) is 3.56. The molecule has 0 saturated heterocycles. The van der Waals surface area contributed by atoms with Gasteiger partial charge in [0.2, 0.25) is 0 Å². The van der Waals surface area contributed by atoms with Gasteiger partial charge in [0.15, 0.2) is 5.96 Å². The first-order chi connectivity index (χ1) is 11.6. The van der Waals surface area contributed by atoms with E-state index in [4.69, 9.17) is 4.74 Å². The number of nitrogens with zero attached hydrogens (tertiary/aromatic N) is 3. The van der Waals surface area contributed by atoms with Gasteiger partial charge in [0.05, 0.1) is 18.8 Å². The Kier molecular flexibility index (Phi) is 14.4. The van der Waals surface area contributed by atoms with E-state index in [1.165, 1.54) is 0 Å². The molecule has 0 saturated carbocycles. The lowest BCUT2D eigenvalue weighted by molar-refractivity contribution is 0.161. The molecular weight excluding hydrogens is 449 g/mol. The normalized spacial score (nSPS) is 11.7. The quantitative estimate of drug-likeness (QED) is 0.219. The molecule has 0 radical (unpaired) electrons. The number of methoxy groups -OCH3 is 1. The standard InChI is InChI=1S/C17H33N5OS.HI/c1-6-18-17(19-8-7-9-22(4)10-11-23-5)20-12-16-21-15(13-24-16)14(2)3;/h13-14H,6-12H2,1-5H3,(H2,18,19,20);1H. The molecule has 0 aliphatic heterocycles. The average molecular weight is 483 g/mol. The van der Waals surface area contributed by atoms with Crippen LogP contribution in [0.3, 0.4) is 0 Å². The number of nitrogens with one attached hydrogen (secondary N) is 2. The van der Waals surface area contributed by atoms with Crippen LogP contribution in [-0.4, -0.2) is 62.8 Å². The van der Waals surface area contributed by atoms with Gasteiger partial charge in [-0.3, -0.25) is 0 Å². The van der Waals surface area contributed by atoms with E-state index in [9.17, 15) is 0 Å². The number of hydrogen-bond donors (Lipinski definition) is 2. The molecule has 0 bridgehead atoms. The van der Waals surface area contributed by atoms with Crippen LogP contribution in [0.1, 0.15) is 43.8 Å². The summed E-state index contributed by atoms with van der Waals surface area (Å²) >= 11 is 1.69. The highest BCUT2D eigenvalue weighted by Crippen LogP contribution is 2.18. The number of ether oxygens (including phenoxy) is 1. The summed E-state index contributed by atoms with van der Waals surface area (Å²) in [6, 6.07) is 0. The van der Waals surface area contributed by atoms with E-state index < -0.39 is 0 Å². The zero-order valence-electron chi connectivity index (χ0n) is 16.2. The van der Waals surface area contributed by atoms with E-state index in [-0.39, 0.29) is 24.0 Å². The highest BCUT2D eigenvalue weighted by Gasteiger charge is 2.05. The summed E-state index contributed by atoms with van der Waals surface area (Å²) in [6.45, 7) is 11.6. The van der Waals surface area contributed by atoms with Crippen LogP contribution in [0.15, 0.2) is 10.4 Å². The van der Waals surface area contributed by atoms with Gasteiger partial charge in [0.1, 0.15) is 5.01 Å². The Morgan fingerprint density at radius 2 is 2.12 bits per heavy atom. The van der Waals surface area contributed by atoms with Gasteiger partial charge < -0.3 is 20.3 Å². The van der Waals surface area contributed by atoms with Gasteiger partial charge in [-0.25, -0.2) is 9.98 Å². The van der Waals surface area contributed by atoms with E-state index in [0.717, 1.165) is 55.9 Å². The number of guanidine groups is 1. The van der Waals surface area contributed by atoms with Crippen molar-refractivity contribution >= 4 is 41.3 Å². The van der Waals surface area contributed by atoms with Gasteiger partial charge >= 0.3 is 0 Å². The topological polar surface area (TPSA) is 61.8 Å². The molecule has 8 heteroatoms. The second-order valence-electron chi connectivity index (χ2n) is 6.09. The predicted molar refractivity (Wildman–Crippen MR) is 118 cm³/mol. The van der Waals surface area contributed by atoms with E-state index >= 15 is 0 Å². The molecule has 1 heterocycles. The lowest BCUT2D eigenvalue weighted by atomic mass is 10.2. The first-order valence-corrected chi connectivity index (χ1v) is 9.58. The molecule has 0 aliphatic rings. The molecule has 0 amide bonds. The fraction of sp³-hybridized carbons (Fsp3) is 0.765. The maximum absolute atomic E-state index is 5.09. The number of halogens is 1. The maximum atomic E-state index is 5.09. The lowest BCUT2D eigenvalue weighted by Gasteiger charge is -2.16. The molecule has 6 nitrogen and oxygen atoms in total. The molecule has 1 aromatic rings. The van der Waals surface area contributed by atoms with Crippen LogP contribution in [0.25, 0.3) is 0 Å². The third kappa shape index (κ3) is 11.0. The summed E-state index contributed by atoms with van der Waals surface area (Å²) < 4.78 is 5.09. The van der Waals surface area contributed by atoms with Gasteiger partial charge in [-0.2, -0.15) is 0 Å². The molecular formula is C17H34IN5OS. The lowest BCUT2D eigenvalue weighted by Crippen LogP contribution is -2.38. The number of aliphatic imine (C=N–C) groups is 1. The summed E-state index contributed by atoms with van der Waals surface area (Å²) in [5.41, 5.74) is 1.15. The average Bonchev–Trinajstić information content (AvgIpc) is 3.03. The number of aromatic nitrogens is 1. The van der Waals surface area contributed by atoms with E-state index in [0.29, 0.717) is 12.5 Å². The molecule has 0 aliphatic carbocycles. The Balaban J connectivity index is 0.00000576. The van der Waals surface area contributed by atoms with E-state index in [1.807, 2.05) is 0 Å². The van der Waals surface area contributed by atoms with Crippen LogP contribution in [0.4, 0.5) is 0 Å². The number of likely N-dealkylation sites (N-methyl/N-ethyl adjacent to an activating group) is 1. The molecule has 0 aromatic carbocycles. The van der Waals surface area contributed by atoms with Crippen LogP contribution in [0.5, 0.6) is 0 Å².